The number of nitrogens with zero attached hydrogens (tertiary/aromatic N) is 3. The Bertz CT molecular complexity index is 2680. The van der Waals surface area contributed by atoms with Gasteiger partial charge in [-0.05, 0) is 90.2 Å². The quantitative estimate of drug-likeness (QED) is 0.180. The van der Waals surface area contributed by atoms with Crippen molar-refractivity contribution in [2.75, 3.05) is 14.7 Å². The zero-order chi connectivity index (χ0) is 34.8. The van der Waals surface area contributed by atoms with Crippen LogP contribution in [-0.2, 0) is 9.84 Å². The summed E-state index contributed by atoms with van der Waals surface area (Å²) in [4.78, 5) is 7.36. The predicted molar refractivity (Wildman–Crippen MR) is 213 cm³/mol. The third-order valence-electron chi connectivity index (χ3n) is 10.4. The van der Waals surface area contributed by atoms with Crippen LogP contribution in [0.3, 0.4) is 0 Å². The summed E-state index contributed by atoms with van der Waals surface area (Å²) in [5.41, 5.74) is 9.20. The monoisotopic (exact) mass is 691 g/mol. The molecule has 10 rings (SSSR count). The predicted octanol–water partition coefficient (Wildman–Crippen LogP) is 11.9. The first kappa shape index (κ1) is 30.5. The van der Waals surface area contributed by atoms with Gasteiger partial charge in [-0.3, -0.25) is 0 Å². The second-order valence-corrected chi connectivity index (χ2v) is 15.2. The summed E-state index contributed by atoms with van der Waals surface area (Å²) in [7, 11) is -3.86. The summed E-state index contributed by atoms with van der Waals surface area (Å²) >= 11 is 0. The number of hydrogen-bond acceptors (Lipinski definition) is 5. The van der Waals surface area contributed by atoms with Gasteiger partial charge in [0.2, 0.25) is 9.84 Å². The molecule has 5 nitrogen and oxygen atoms in total. The van der Waals surface area contributed by atoms with Crippen LogP contribution in [-0.4, -0.2) is 14.5 Å². The Labute approximate surface area is 303 Å². The first-order valence-electron chi connectivity index (χ1n) is 17.6. The lowest BCUT2D eigenvalue weighted by atomic mass is 9.89. The maximum atomic E-state index is 14.6. The highest BCUT2D eigenvalue weighted by Crippen LogP contribution is 2.60. The van der Waals surface area contributed by atoms with E-state index in [1.165, 1.54) is 0 Å². The molecule has 7 aromatic carbocycles. The van der Waals surface area contributed by atoms with Crippen molar-refractivity contribution in [2.24, 2.45) is 0 Å². The van der Waals surface area contributed by atoms with Crippen LogP contribution in [0.1, 0.15) is 6.42 Å². The summed E-state index contributed by atoms with van der Waals surface area (Å²) in [6.07, 6.45) is 9.60. The topological polar surface area (TPSA) is 43.9 Å². The summed E-state index contributed by atoms with van der Waals surface area (Å²) in [5.74, 6) is 0. The van der Waals surface area contributed by atoms with Crippen LogP contribution in [0.4, 0.5) is 45.5 Å². The molecule has 0 amide bonds. The van der Waals surface area contributed by atoms with Gasteiger partial charge in [0.15, 0.2) is 0 Å². The number of allylic oxidation sites excluding steroid dienone is 2. The van der Waals surface area contributed by atoms with Crippen molar-refractivity contribution in [1.82, 2.24) is 0 Å². The van der Waals surface area contributed by atoms with Crippen LogP contribution in [0.2, 0.25) is 0 Å². The van der Waals surface area contributed by atoms with Gasteiger partial charge in [0.05, 0.1) is 38.6 Å². The Kier molecular flexibility index (Phi) is 6.95. The van der Waals surface area contributed by atoms with Crippen molar-refractivity contribution in [3.63, 3.8) is 0 Å². The van der Waals surface area contributed by atoms with Crippen molar-refractivity contribution >= 4 is 66.1 Å². The fraction of sp³-hybridized carbons (Fsp3) is 0.0435. The summed E-state index contributed by atoms with van der Waals surface area (Å²) in [5, 5.41) is 2.27. The Morgan fingerprint density at radius 2 is 1.17 bits per heavy atom. The number of rotatable bonds is 5. The van der Waals surface area contributed by atoms with E-state index in [-0.39, 0.29) is 10.9 Å². The van der Waals surface area contributed by atoms with Crippen LogP contribution >= 0.6 is 0 Å². The van der Waals surface area contributed by atoms with Gasteiger partial charge < -0.3 is 14.7 Å². The molecule has 1 atom stereocenters. The molecule has 0 aromatic heterocycles. The van der Waals surface area contributed by atoms with E-state index in [0.29, 0.717) is 16.3 Å². The molecule has 0 saturated heterocycles. The van der Waals surface area contributed by atoms with E-state index in [2.05, 4.69) is 124 Å². The number of anilines is 8. The van der Waals surface area contributed by atoms with Crippen LogP contribution in [0.15, 0.2) is 192 Å². The van der Waals surface area contributed by atoms with Crippen molar-refractivity contribution in [2.45, 2.75) is 22.3 Å². The summed E-state index contributed by atoms with van der Waals surface area (Å²) < 4.78 is 29.2. The SMILES string of the molecule is O=S1(=O)c2ccccc2N(c2ccccc2)c2c1ccc1c2N(c2ccc(N(c3ccccc3)C3C=CC=CC3)cc2)c2cccc3cccc-1c23. The molecule has 0 saturated carbocycles. The second kappa shape index (κ2) is 11.9. The van der Waals surface area contributed by atoms with E-state index in [1.807, 2.05) is 54.6 Å². The van der Waals surface area contributed by atoms with Crippen molar-refractivity contribution in [3.8, 4) is 11.1 Å². The molecule has 3 aliphatic rings. The second-order valence-electron chi connectivity index (χ2n) is 13.3. The minimum absolute atomic E-state index is 0.173. The summed E-state index contributed by atoms with van der Waals surface area (Å²) in [6, 6.07) is 53.4. The highest BCUT2D eigenvalue weighted by Gasteiger charge is 2.41. The average molecular weight is 692 g/mol. The van der Waals surface area contributed by atoms with Crippen LogP contribution in [0.5, 0.6) is 0 Å². The molecular formula is C46H33N3O2S. The Morgan fingerprint density at radius 3 is 1.94 bits per heavy atom. The number of fused-ring (bicyclic) bond motifs is 5. The zero-order valence-corrected chi connectivity index (χ0v) is 29.0. The molecular weight excluding hydrogens is 659 g/mol. The fourth-order valence-corrected chi connectivity index (χ4v) is 9.77. The van der Waals surface area contributed by atoms with Gasteiger partial charge in [-0.15, -0.1) is 0 Å². The number of benzene rings is 7. The molecule has 1 unspecified atom stereocenters. The molecule has 1 aliphatic carbocycles. The number of sulfone groups is 1. The lowest BCUT2D eigenvalue weighted by Gasteiger charge is -2.41. The van der Waals surface area contributed by atoms with Crippen LogP contribution in [0, 0.1) is 0 Å². The van der Waals surface area contributed by atoms with E-state index in [0.717, 1.165) is 62.4 Å². The third kappa shape index (κ3) is 4.58. The standard InChI is InChI=1S/C46H33N3O2S/c50-52(51)42-25-11-10-23-40(42)48(35-20-8-3-9-21-35)46-43(52)31-30-39-38-22-12-14-32-15-13-24-41(44(32)38)49(45(39)46)37-28-26-36(27-29-37)47(33-16-4-1-5-17-33)34-18-6-2-7-19-34/h1-18,20-31,34H,19H2. The normalized spacial score (nSPS) is 16.3. The molecule has 0 radical (unpaired) electrons. The third-order valence-corrected chi connectivity index (χ3v) is 12.2. The molecule has 6 heteroatoms. The maximum absolute atomic E-state index is 14.6. The lowest BCUT2D eigenvalue weighted by Crippen LogP contribution is -2.29. The van der Waals surface area contributed by atoms with Gasteiger partial charge in [0.25, 0.3) is 0 Å². The number of para-hydroxylation sites is 3. The summed E-state index contributed by atoms with van der Waals surface area (Å²) in [6.45, 7) is 0. The van der Waals surface area contributed by atoms with E-state index in [9.17, 15) is 8.42 Å². The van der Waals surface area contributed by atoms with Gasteiger partial charge in [-0.25, -0.2) is 8.42 Å². The highest BCUT2D eigenvalue weighted by molar-refractivity contribution is 7.92. The molecule has 2 aliphatic heterocycles. The first-order chi connectivity index (χ1) is 25.6. The van der Waals surface area contributed by atoms with E-state index in [1.54, 1.807) is 18.2 Å². The van der Waals surface area contributed by atoms with Gasteiger partial charge in [0, 0.05) is 33.7 Å². The first-order valence-corrected chi connectivity index (χ1v) is 19.0. The smallest absolute Gasteiger partial charge is 0.210 e. The minimum Gasteiger partial charge on any atom is -0.334 e. The van der Waals surface area contributed by atoms with Crippen molar-refractivity contribution in [1.29, 1.82) is 0 Å². The van der Waals surface area contributed by atoms with Gasteiger partial charge >= 0.3 is 0 Å². The lowest BCUT2D eigenvalue weighted by molar-refractivity contribution is 0.595. The van der Waals surface area contributed by atoms with Gasteiger partial charge in [-0.2, -0.15) is 0 Å². The van der Waals surface area contributed by atoms with E-state index >= 15 is 0 Å². The van der Waals surface area contributed by atoms with E-state index < -0.39 is 9.84 Å². The zero-order valence-electron chi connectivity index (χ0n) is 28.2. The maximum Gasteiger partial charge on any atom is 0.210 e. The largest absolute Gasteiger partial charge is 0.334 e. The van der Waals surface area contributed by atoms with Crippen LogP contribution in [0.25, 0.3) is 21.9 Å². The van der Waals surface area contributed by atoms with Crippen LogP contribution < -0.4 is 14.7 Å². The van der Waals surface area contributed by atoms with Crippen molar-refractivity contribution < 1.29 is 8.42 Å². The molecule has 0 N–H and O–H groups in total. The van der Waals surface area contributed by atoms with Crippen molar-refractivity contribution in [3.05, 3.63) is 182 Å². The molecule has 7 aromatic rings. The molecule has 2 heterocycles. The number of hydrogen-bond donors (Lipinski definition) is 0. The van der Waals surface area contributed by atoms with Gasteiger partial charge in [-0.1, -0.05) is 109 Å². The fourth-order valence-electron chi connectivity index (χ4n) is 8.15. The molecule has 0 fully saturated rings. The Hall–Kier alpha value is -6.37. The molecule has 0 bridgehead atoms. The Morgan fingerprint density at radius 1 is 0.519 bits per heavy atom. The van der Waals surface area contributed by atoms with Gasteiger partial charge in [0.1, 0.15) is 0 Å². The Balaban J connectivity index is 1.24. The molecule has 250 valence electrons. The van der Waals surface area contributed by atoms with E-state index in [4.69, 9.17) is 0 Å². The minimum atomic E-state index is -3.86. The average Bonchev–Trinajstić information content (AvgIpc) is 3.20. The molecule has 0 spiro atoms. The molecule has 52 heavy (non-hydrogen) atoms. The highest BCUT2D eigenvalue weighted by atomic mass is 32.2.